The van der Waals surface area contributed by atoms with Gasteiger partial charge in [-0.2, -0.15) is 0 Å². The van der Waals surface area contributed by atoms with Crippen molar-refractivity contribution in [2.24, 2.45) is 0 Å². The highest BCUT2D eigenvalue weighted by molar-refractivity contribution is 5.94. The van der Waals surface area contributed by atoms with E-state index in [1.165, 1.54) is 0 Å². The van der Waals surface area contributed by atoms with E-state index in [2.05, 4.69) is 43.2 Å². The molecule has 1 unspecified atom stereocenters. The second-order valence-electron chi connectivity index (χ2n) is 5.96. The second kappa shape index (κ2) is 8.80. The van der Waals surface area contributed by atoms with Gasteiger partial charge in [0, 0.05) is 30.9 Å². The number of anilines is 1. The van der Waals surface area contributed by atoms with Crippen molar-refractivity contribution in [1.82, 2.24) is 10.2 Å². The van der Waals surface area contributed by atoms with Crippen molar-refractivity contribution in [2.45, 2.75) is 52.7 Å². The van der Waals surface area contributed by atoms with Gasteiger partial charge in [0.05, 0.1) is 6.04 Å². The Kier molecular flexibility index (Phi) is 7.40. The molecule has 2 N–H and O–H groups in total. The number of hydrogen-bond donors (Lipinski definition) is 2. The fourth-order valence-corrected chi connectivity index (χ4v) is 2.39. The molecule has 0 aromatic heterocycles. The van der Waals surface area contributed by atoms with Gasteiger partial charge in [-0.3, -0.25) is 9.69 Å². The van der Waals surface area contributed by atoms with Gasteiger partial charge in [-0.05, 0) is 46.8 Å². The Bertz CT molecular complexity index is 409. The molecule has 0 aliphatic rings. The van der Waals surface area contributed by atoms with Crippen LogP contribution in [-0.2, 0) is 4.79 Å². The Morgan fingerprint density at radius 1 is 1.05 bits per heavy atom. The lowest BCUT2D eigenvalue weighted by atomic mass is 10.2. The fourth-order valence-electron chi connectivity index (χ4n) is 2.39. The van der Waals surface area contributed by atoms with E-state index in [4.69, 9.17) is 0 Å². The summed E-state index contributed by atoms with van der Waals surface area (Å²) < 4.78 is 0. The highest BCUT2D eigenvalue weighted by Gasteiger charge is 2.15. The molecule has 1 aromatic rings. The van der Waals surface area contributed by atoms with Gasteiger partial charge in [0.1, 0.15) is 0 Å². The lowest BCUT2D eigenvalue weighted by molar-refractivity contribution is -0.117. The summed E-state index contributed by atoms with van der Waals surface area (Å²) in [5, 5.41) is 6.20. The van der Waals surface area contributed by atoms with E-state index in [0.717, 1.165) is 18.8 Å². The molecule has 21 heavy (non-hydrogen) atoms. The standard InChI is InChI=1S/C17H29N3O/c1-13(2)20(14(3)4)12-11-18-15(5)17(21)19-16-9-7-6-8-10-16/h6-10,13-15,18H,11-12H2,1-5H3,(H,19,21). The minimum Gasteiger partial charge on any atom is -0.325 e. The first-order chi connectivity index (χ1) is 9.91. The number of benzene rings is 1. The van der Waals surface area contributed by atoms with Crippen LogP contribution in [0.25, 0.3) is 0 Å². The average molecular weight is 291 g/mol. The number of para-hydroxylation sites is 1. The molecule has 1 amide bonds. The molecule has 1 aromatic carbocycles. The van der Waals surface area contributed by atoms with Gasteiger partial charge in [-0.25, -0.2) is 0 Å². The van der Waals surface area contributed by atoms with Crippen LogP contribution in [0.3, 0.4) is 0 Å². The van der Waals surface area contributed by atoms with Gasteiger partial charge in [0.15, 0.2) is 0 Å². The SMILES string of the molecule is CC(NCCN(C(C)C)C(C)C)C(=O)Nc1ccccc1. The quantitative estimate of drug-likeness (QED) is 0.774. The minimum atomic E-state index is -0.202. The normalized spacial score (nSPS) is 13.0. The van der Waals surface area contributed by atoms with E-state index in [0.29, 0.717) is 12.1 Å². The largest absolute Gasteiger partial charge is 0.325 e. The molecule has 0 bridgehead atoms. The Hall–Kier alpha value is -1.39. The zero-order valence-electron chi connectivity index (χ0n) is 13.9. The summed E-state index contributed by atoms with van der Waals surface area (Å²) in [5.74, 6) is 0.00171. The first kappa shape index (κ1) is 17.7. The maximum Gasteiger partial charge on any atom is 0.241 e. The van der Waals surface area contributed by atoms with Crippen LogP contribution >= 0.6 is 0 Å². The number of nitrogens with zero attached hydrogens (tertiary/aromatic N) is 1. The monoisotopic (exact) mass is 291 g/mol. The predicted molar refractivity (Wildman–Crippen MR) is 89.5 cm³/mol. The fraction of sp³-hybridized carbons (Fsp3) is 0.588. The van der Waals surface area contributed by atoms with Gasteiger partial charge in [-0.15, -0.1) is 0 Å². The Morgan fingerprint density at radius 3 is 2.14 bits per heavy atom. The molecule has 1 rings (SSSR count). The molecule has 0 spiro atoms. The van der Waals surface area contributed by atoms with Crippen molar-refractivity contribution in [3.8, 4) is 0 Å². The topological polar surface area (TPSA) is 44.4 Å². The molecular formula is C17H29N3O. The maximum atomic E-state index is 12.1. The molecule has 0 aliphatic heterocycles. The van der Waals surface area contributed by atoms with Gasteiger partial charge in [-0.1, -0.05) is 18.2 Å². The summed E-state index contributed by atoms with van der Waals surface area (Å²) in [4.78, 5) is 14.5. The Morgan fingerprint density at radius 2 is 1.62 bits per heavy atom. The number of carbonyl (C=O) groups is 1. The maximum absolute atomic E-state index is 12.1. The minimum absolute atomic E-state index is 0.00171. The summed E-state index contributed by atoms with van der Waals surface area (Å²) >= 11 is 0. The number of rotatable bonds is 8. The van der Waals surface area contributed by atoms with Crippen LogP contribution in [0, 0.1) is 0 Å². The van der Waals surface area contributed by atoms with Crippen molar-refractivity contribution in [3.05, 3.63) is 30.3 Å². The van der Waals surface area contributed by atoms with E-state index >= 15 is 0 Å². The highest BCUT2D eigenvalue weighted by atomic mass is 16.2. The Balaban J connectivity index is 2.36. The summed E-state index contributed by atoms with van der Waals surface area (Å²) in [6.07, 6.45) is 0. The van der Waals surface area contributed by atoms with Crippen molar-refractivity contribution in [3.63, 3.8) is 0 Å². The number of nitrogens with one attached hydrogen (secondary N) is 2. The predicted octanol–water partition coefficient (Wildman–Crippen LogP) is 2.72. The van der Waals surface area contributed by atoms with Crippen molar-refractivity contribution < 1.29 is 4.79 Å². The molecular weight excluding hydrogens is 262 g/mol. The molecule has 0 saturated carbocycles. The molecule has 0 fully saturated rings. The van der Waals surface area contributed by atoms with Gasteiger partial charge < -0.3 is 10.6 Å². The highest BCUT2D eigenvalue weighted by Crippen LogP contribution is 2.06. The number of amides is 1. The zero-order chi connectivity index (χ0) is 15.8. The molecule has 0 heterocycles. The molecule has 118 valence electrons. The van der Waals surface area contributed by atoms with E-state index in [-0.39, 0.29) is 11.9 Å². The van der Waals surface area contributed by atoms with E-state index in [9.17, 15) is 4.79 Å². The third kappa shape index (κ3) is 6.27. The lowest BCUT2D eigenvalue weighted by Crippen LogP contribution is -2.45. The third-order valence-electron chi connectivity index (χ3n) is 3.58. The third-order valence-corrected chi connectivity index (χ3v) is 3.58. The van der Waals surface area contributed by atoms with Crippen LogP contribution in [0.2, 0.25) is 0 Å². The van der Waals surface area contributed by atoms with Crippen LogP contribution in [0.4, 0.5) is 5.69 Å². The second-order valence-corrected chi connectivity index (χ2v) is 5.96. The summed E-state index contributed by atoms with van der Waals surface area (Å²) in [7, 11) is 0. The summed E-state index contributed by atoms with van der Waals surface area (Å²) in [6.45, 7) is 12.4. The van der Waals surface area contributed by atoms with Crippen molar-refractivity contribution in [1.29, 1.82) is 0 Å². The summed E-state index contributed by atoms with van der Waals surface area (Å²) in [5.41, 5.74) is 0.835. The van der Waals surface area contributed by atoms with Gasteiger partial charge in [0.2, 0.25) is 5.91 Å². The van der Waals surface area contributed by atoms with Gasteiger partial charge >= 0.3 is 0 Å². The molecule has 0 aliphatic carbocycles. The van der Waals surface area contributed by atoms with Crippen LogP contribution in [0.5, 0.6) is 0 Å². The summed E-state index contributed by atoms with van der Waals surface area (Å²) in [6, 6.07) is 10.4. The number of carbonyl (C=O) groups excluding carboxylic acids is 1. The van der Waals surface area contributed by atoms with Gasteiger partial charge in [0.25, 0.3) is 0 Å². The average Bonchev–Trinajstić information content (AvgIpc) is 2.43. The van der Waals surface area contributed by atoms with Crippen LogP contribution in [-0.4, -0.2) is 42.0 Å². The zero-order valence-corrected chi connectivity index (χ0v) is 13.9. The lowest BCUT2D eigenvalue weighted by Gasteiger charge is -2.30. The van der Waals surface area contributed by atoms with Crippen molar-refractivity contribution >= 4 is 11.6 Å². The molecule has 0 saturated heterocycles. The smallest absolute Gasteiger partial charge is 0.241 e. The Labute approximate surface area is 128 Å². The van der Waals surface area contributed by atoms with Crippen LogP contribution in [0.15, 0.2) is 30.3 Å². The molecule has 4 heteroatoms. The van der Waals surface area contributed by atoms with E-state index in [1.807, 2.05) is 37.3 Å². The molecule has 0 radical (unpaired) electrons. The van der Waals surface area contributed by atoms with Crippen LogP contribution in [0.1, 0.15) is 34.6 Å². The first-order valence-electron chi connectivity index (χ1n) is 7.77. The first-order valence-corrected chi connectivity index (χ1v) is 7.77. The molecule has 4 nitrogen and oxygen atoms in total. The molecule has 1 atom stereocenters. The van der Waals surface area contributed by atoms with E-state index < -0.39 is 0 Å². The number of hydrogen-bond acceptors (Lipinski definition) is 3. The van der Waals surface area contributed by atoms with Crippen molar-refractivity contribution in [2.75, 3.05) is 18.4 Å². The van der Waals surface area contributed by atoms with Crippen LogP contribution < -0.4 is 10.6 Å². The van der Waals surface area contributed by atoms with E-state index in [1.54, 1.807) is 0 Å².